The van der Waals surface area contributed by atoms with Gasteiger partial charge in [-0.25, -0.2) is 4.98 Å². The number of nitrogens with zero attached hydrogens (tertiary/aromatic N) is 2. The molecule has 2 aliphatic heterocycles. The first-order chi connectivity index (χ1) is 13.7. The van der Waals surface area contributed by atoms with Crippen LogP contribution in [0.15, 0.2) is 12.1 Å². The van der Waals surface area contributed by atoms with Gasteiger partial charge >= 0.3 is 0 Å². The number of fused-ring (bicyclic) bond motifs is 3. The lowest BCUT2D eigenvalue weighted by Gasteiger charge is -2.27. The molecule has 6 nitrogen and oxygen atoms in total. The number of methoxy groups -OCH3 is 1. The number of rotatable bonds is 7. The summed E-state index contributed by atoms with van der Waals surface area (Å²) in [5, 5.41) is 8.01. The fourth-order valence-corrected chi connectivity index (χ4v) is 4.35. The van der Waals surface area contributed by atoms with E-state index in [1.54, 1.807) is 7.11 Å². The molecule has 0 spiro atoms. The van der Waals surface area contributed by atoms with Crippen molar-refractivity contribution in [3.05, 3.63) is 17.7 Å². The molecule has 28 heavy (non-hydrogen) atoms. The first kappa shape index (κ1) is 19.1. The predicted molar refractivity (Wildman–Crippen MR) is 115 cm³/mol. The van der Waals surface area contributed by atoms with Gasteiger partial charge in [0.15, 0.2) is 11.5 Å². The number of likely N-dealkylation sites (tertiary alicyclic amines) is 1. The Balaban J connectivity index is 1.58. The van der Waals surface area contributed by atoms with Crippen LogP contribution in [-0.4, -0.2) is 56.3 Å². The van der Waals surface area contributed by atoms with E-state index in [4.69, 9.17) is 14.5 Å². The average Bonchev–Trinajstić information content (AvgIpc) is 3.23. The van der Waals surface area contributed by atoms with E-state index < -0.39 is 0 Å². The predicted octanol–water partition coefficient (Wildman–Crippen LogP) is 3.90. The van der Waals surface area contributed by atoms with Crippen LogP contribution < -0.4 is 20.1 Å². The van der Waals surface area contributed by atoms with Crippen molar-refractivity contribution in [2.45, 2.75) is 45.1 Å². The number of anilines is 2. The van der Waals surface area contributed by atoms with Crippen LogP contribution in [0, 0.1) is 0 Å². The zero-order valence-electron chi connectivity index (χ0n) is 17.3. The van der Waals surface area contributed by atoms with E-state index in [-0.39, 0.29) is 0 Å². The van der Waals surface area contributed by atoms with Crippen LogP contribution in [0.2, 0.25) is 0 Å². The third kappa shape index (κ3) is 3.83. The summed E-state index contributed by atoms with van der Waals surface area (Å²) < 4.78 is 11.8. The molecule has 1 aromatic heterocycles. The summed E-state index contributed by atoms with van der Waals surface area (Å²) in [6.45, 7) is 6.48. The minimum absolute atomic E-state index is 0.454. The SMILES string of the molecule is CNc1nc2cc(OCCCN3CCCC3)c(OC)cc2c2c1CCC(C)N2. The fourth-order valence-electron chi connectivity index (χ4n) is 4.35. The third-order valence-electron chi connectivity index (χ3n) is 5.90. The molecule has 152 valence electrons. The van der Waals surface area contributed by atoms with Gasteiger partial charge in [-0.05, 0) is 58.2 Å². The maximum Gasteiger partial charge on any atom is 0.163 e. The third-order valence-corrected chi connectivity index (χ3v) is 5.90. The Hall–Kier alpha value is -2.21. The van der Waals surface area contributed by atoms with Crippen molar-refractivity contribution in [2.75, 3.05) is 51.0 Å². The summed E-state index contributed by atoms with van der Waals surface area (Å²) in [7, 11) is 3.64. The van der Waals surface area contributed by atoms with E-state index in [0.717, 1.165) is 54.0 Å². The molecule has 1 atom stereocenters. The maximum absolute atomic E-state index is 6.10. The van der Waals surface area contributed by atoms with Gasteiger partial charge in [-0.2, -0.15) is 0 Å². The highest BCUT2D eigenvalue weighted by atomic mass is 16.5. The summed E-state index contributed by atoms with van der Waals surface area (Å²) in [6.07, 6.45) is 5.83. The zero-order valence-corrected chi connectivity index (χ0v) is 17.3. The molecule has 1 unspecified atom stereocenters. The Morgan fingerprint density at radius 1 is 1.25 bits per heavy atom. The van der Waals surface area contributed by atoms with E-state index in [0.29, 0.717) is 12.6 Å². The molecule has 1 fully saturated rings. The molecule has 4 rings (SSSR count). The Kier molecular flexibility index (Phi) is 5.76. The number of pyridine rings is 1. The molecule has 0 aliphatic carbocycles. The molecule has 1 aromatic carbocycles. The molecule has 0 radical (unpaired) electrons. The van der Waals surface area contributed by atoms with Crippen LogP contribution in [0.25, 0.3) is 10.9 Å². The van der Waals surface area contributed by atoms with Crippen LogP contribution in [0.4, 0.5) is 11.5 Å². The summed E-state index contributed by atoms with van der Waals surface area (Å²) in [5.41, 5.74) is 3.36. The summed E-state index contributed by atoms with van der Waals surface area (Å²) in [4.78, 5) is 7.38. The van der Waals surface area contributed by atoms with Crippen molar-refractivity contribution in [3.63, 3.8) is 0 Å². The molecule has 0 amide bonds. The number of nitrogens with one attached hydrogen (secondary N) is 2. The maximum atomic E-state index is 6.10. The molecule has 6 heteroatoms. The normalized spacial score (nSPS) is 19.3. The van der Waals surface area contributed by atoms with Crippen molar-refractivity contribution in [1.82, 2.24) is 9.88 Å². The van der Waals surface area contributed by atoms with Crippen molar-refractivity contribution in [3.8, 4) is 11.5 Å². The van der Waals surface area contributed by atoms with Crippen LogP contribution in [0.1, 0.15) is 38.2 Å². The standard InChI is InChI=1S/C22H32N4O2/c1-15-7-8-16-21(24-15)17-13-19(27-3)20(14-18(17)25-22(16)23-2)28-12-6-11-26-9-4-5-10-26/h13-15,24H,4-12H2,1-3H3,(H,23,25). The van der Waals surface area contributed by atoms with Crippen molar-refractivity contribution in [2.24, 2.45) is 0 Å². The second-order valence-electron chi connectivity index (χ2n) is 7.92. The minimum Gasteiger partial charge on any atom is -0.493 e. The Morgan fingerprint density at radius 3 is 2.82 bits per heavy atom. The van der Waals surface area contributed by atoms with Gasteiger partial charge in [-0.1, -0.05) is 0 Å². The molecule has 1 saturated heterocycles. The van der Waals surface area contributed by atoms with E-state index in [2.05, 4.69) is 28.5 Å². The Morgan fingerprint density at radius 2 is 2.07 bits per heavy atom. The van der Waals surface area contributed by atoms with Gasteiger partial charge in [0.25, 0.3) is 0 Å². The number of benzene rings is 1. The first-order valence-electron chi connectivity index (χ1n) is 10.5. The topological polar surface area (TPSA) is 58.7 Å². The zero-order chi connectivity index (χ0) is 19.5. The summed E-state index contributed by atoms with van der Waals surface area (Å²) in [6, 6.07) is 4.54. The lowest BCUT2D eigenvalue weighted by atomic mass is 9.96. The monoisotopic (exact) mass is 384 g/mol. The highest BCUT2D eigenvalue weighted by molar-refractivity contribution is 5.98. The molecular formula is C22H32N4O2. The van der Waals surface area contributed by atoms with Crippen LogP contribution in [0.5, 0.6) is 11.5 Å². The van der Waals surface area contributed by atoms with Crippen molar-refractivity contribution >= 4 is 22.4 Å². The molecule has 2 aliphatic rings. The second kappa shape index (κ2) is 8.43. The highest BCUT2D eigenvalue weighted by Gasteiger charge is 2.22. The summed E-state index contributed by atoms with van der Waals surface area (Å²) >= 11 is 0. The lowest BCUT2D eigenvalue weighted by Crippen LogP contribution is -2.23. The number of hydrogen-bond acceptors (Lipinski definition) is 6. The molecule has 0 saturated carbocycles. The second-order valence-corrected chi connectivity index (χ2v) is 7.92. The van der Waals surface area contributed by atoms with E-state index >= 15 is 0 Å². The van der Waals surface area contributed by atoms with Gasteiger partial charge in [0, 0.05) is 36.7 Å². The molecular weight excluding hydrogens is 352 g/mol. The van der Waals surface area contributed by atoms with E-state index in [1.165, 1.54) is 37.2 Å². The lowest BCUT2D eigenvalue weighted by molar-refractivity contribution is 0.254. The van der Waals surface area contributed by atoms with Crippen molar-refractivity contribution < 1.29 is 9.47 Å². The largest absolute Gasteiger partial charge is 0.493 e. The molecule has 0 bridgehead atoms. The van der Waals surface area contributed by atoms with Gasteiger partial charge in [0.1, 0.15) is 5.82 Å². The number of hydrogen-bond donors (Lipinski definition) is 2. The minimum atomic E-state index is 0.454. The van der Waals surface area contributed by atoms with Gasteiger partial charge in [0.05, 0.1) is 24.9 Å². The molecule has 2 aromatic rings. The smallest absolute Gasteiger partial charge is 0.163 e. The van der Waals surface area contributed by atoms with Gasteiger partial charge in [-0.3, -0.25) is 0 Å². The van der Waals surface area contributed by atoms with E-state index in [9.17, 15) is 0 Å². The number of aromatic nitrogens is 1. The highest BCUT2D eigenvalue weighted by Crippen LogP contribution is 2.40. The average molecular weight is 385 g/mol. The van der Waals surface area contributed by atoms with Gasteiger partial charge < -0.3 is 25.0 Å². The Bertz CT molecular complexity index is 833. The van der Waals surface area contributed by atoms with Crippen LogP contribution >= 0.6 is 0 Å². The van der Waals surface area contributed by atoms with Crippen LogP contribution in [0.3, 0.4) is 0 Å². The van der Waals surface area contributed by atoms with Crippen LogP contribution in [-0.2, 0) is 6.42 Å². The van der Waals surface area contributed by atoms with Gasteiger partial charge in [-0.15, -0.1) is 0 Å². The quantitative estimate of drug-likeness (QED) is 0.706. The summed E-state index contributed by atoms with van der Waals surface area (Å²) in [5.74, 6) is 2.50. The van der Waals surface area contributed by atoms with E-state index in [1.807, 2.05) is 13.1 Å². The Labute approximate surface area is 167 Å². The molecule has 3 heterocycles. The van der Waals surface area contributed by atoms with Crippen molar-refractivity contribution in [1.29, 1.82) is 0 Å². The first-order valence-corrected chi connectivity index (χ1v) is 10.5. The van der Waals surface area contributed by atoms with Gasteiger partial charge in [0.2, 0.25) is 0 Å². The molecule has 2 N–H and O–H groups in total. The fraction of sp³-hybridized carbons (Fsp3) is 0.591. The number of ether oxygens (including phenoxy) is 2.